The predicted octanol–water partition coefficient (Wildman–Crippen LogP) is 4.45. The lowest BCUT2D eigenvalue weighted by Gasteiger charge is -2.05. The van der Waals surface area contributed by atoms with E-state index >= 15 is 0 Å². The number of halogens is 2. The van der Waals surface area contributed by atoms with Crippen LogP contribution in [-0.4, -0.2) is 5.78 Å². The van der Waals surface area contributed by atoms with Crippen LogP contribution in [0.15, 0.2) is 41.5 Å². The number of fused-ring (bicyclic) bond motifs is 2. The van der Waals surface area contributed by atoms with Gasteiger partial charge in [0.15, 0.2) is 17.4 Å². The minimum atomic E-state index is -0.998. The number of ketones is 1. The Morgan fingerprint density at radius 3 is 2.08 bits per heavy atom. The summed E-state index contributed by atoms with van der Waals surface area (Å²) in [6.45, 7) is 1.83. The van der Waals surface area contributed by atoms with Gasteiger partial charge in [0.25, 0.3) is 0 Å². The van der Waals surface area contributed by atoms with E-state index in [0.717, 1.165) is 12.1 Å². The van der Waals surface area contributed by atoms with Gasteiger partial charge in [0.2, 0.25) is 0 Å². The molecule has 1 aliphatic rings. The zero-order chi connectivity index (χ0) is 17.4. The van der Waals surface area contributed by atoms with E-state index in [-0.39, 0.29) is 28.1 Å². The van der Waals surface area contributed by atoms with Crippen LogP contribution < -0.4 is 0 Å². The normalized spacial score (nSPS) is 14.6. The van der Waals surface area contributed by atoms with Gasteiger partial charge in [-0.15, -0.1) is 0 Å². The largest absolute Gasteiger partial charge is 0.289 e. The number of allylic oxidation sites excluding steroid dienone is 4. The van der Waals surface area contributed by atoms with Crippen molar-refractivity contribution in [2.75, 3.05) is 0 Å². The van der Waals surface area contributed by atoms with Crippen molar-refractivity contribution in [1.29, 1.82) is 10.5 Å². The molecule has 0 fully saturated rings. The first-order valence-electron chi connectivity index (χ1n) is 7.24. The molecule has 116 valence electrons. The molecule has 0 saturated heterocycles. The molecule has 0 radical (unpaired) electrons. The summed E-state index contributed by atoms with van der Waals surface area (Å²) >= 11 is 0. The van der Waals surface area contributed by atoms with Crippen molar-refractivity contribution in [2.45, 2.75) is 13.3 Å². The van der Waals surface area contributed by atoms with Gasteiger partial charge in [-0.3, -0.25) is 4.79 Å². The Morgan fingerprint density at radius 2 is 1.58 bits per heavy atom. The molecule has 3 nitrogen and oxygen atoms in total. The molecule has 0 N–H and O–H groups in total. The Morgan fingerprint density at radius 1 is 1.04 bits per heavy atom. The van der Waals surface area contributed by atoms with Gasteiger partial charge in [-0.1, -0.05) is 13.0 Å². The van der Waals surface area contributed by atoms with Gasteiger partial charge in [-0.2, -0.15) is 10.5 Å². The second kappa shape index (κ2) is 5.72. The SMILES string of the molecule is CC/C=C1\C(=O)c2cc3cc(F)c(F)cc3cc2C1=C(C#N)C#N. The van der Waals surface area contributed by atoms with Gasteiger partial charge in [0.1, 0.15) is 17.7 Å². The number of hydrogen-bond donors (Lipinski definition) is 0. The summed E-state index contributed by atoms with van der Waals surface area (Å²) in [4.78, 5) is 12.6. The van der Waals surface area contributed by atoms with E-state index in [1.165, 1.54) is 12.1 Å². The molecule has 2 aromatic rings. The third kappa shape index (κ3) is 2.19. The molecule has 24 heavy (non-hydrogen) atoms. The standard InChI is InChI=1S/C19H10F2N2O/c1-2-3-13-18(12(8-22)9-23)14-4-10-6-16(20)17(21)7-11(10)5-15(14)19(13)24/h3-7H,2H2,1H3/b13-3-. The minimum Gasteiger partial charge on any atom is -0.289 e. The molecular formula is C19H10F2N2O. The Bertz CT molecular complexity index is 1030. The highest BCUT2D eigenvalue weighted by molar-refractivity contribution is 6.28. The number of nitriles is 2. The second-order valence-corrected chi connectivity index (χ2v) is 5.34. The Balaban J connectivity index is 2.43. The van der Waals surface area contributed by atoms with Crippen LogP contribution in [0.2, 0.25) is 0 Å². The third-order valence-corrected chi connectivity index (χ3v) is 3.93. The Hall–Kier alpha value is -3.31. The lowest BCUT2D eigenvalue weighted by molar-refractivity contribution is 0.104. The average molecular weight is 320 g/mol. The minimum absolute atomic E-state index is 0.177. The molecule has 0 spiro atoms. The molecule has 3 rings (SSSR count). The van der Waals surface area contributed by atoms with E-state index in [2.05, 4.69) is 0 Å². The van der Waals surface area contributed by atoms with Gasteiger partial charge in [0.05, 0.1) is 0 Å². The average Bonchev–Trinajstić information content (AvgIpc) is 2.82. The summed E-state index contributed by atoms with van der Waals surface area (Å²) in [7, 11) is 0. The summed E-state index contributed by atoms with van der Waals surface area (Å²) in [6, 6.07) is 8.66. The van der Waals surface area contributed by atoms with Crippen molar-refractivity contribution in [2.24, 2.45) is 0 Å². The molecule has 0 bridgehead atoms. The van der Waals surface area contributed by atoms with Crippen molar-refractivity contribution in [3.8, 4) is 12.1 Å². The van der Waals surface area contributed by atoms with Gasteiger partial charge >= 0.3 is 0 Å². The highest BCUT2D eigenvalue weighted by Crippen LogP contribution is 2.41. The van der Waals surface area contributed by atoms with E-state index in [4.69, 9.17) is 0 Å². The van der Waals surface area contributed by atoms with E-state index < -0.39 is 11.6 Å². The fraction of sp³-hybridized carbons (Fsp3) is 0.105. The molecule has 0 heterocycles. The number of Topliss-reactive ketones (excluding diaryl/α,β-unsaturated/α-hetero) is 1. The first kappa shape index (κ1) is 15.6. The fourth-order valence-corrected chi connectivity index (χ4v) is 2.90. The zero-order valence-corrected chi connectivity index (χ0v) is 12.7. The van der Waals surface area contributed by atoms with Crippen LogP contribution in [0.25, 0.3) is 16.3 Å². The molecule has 2 aromatic carbocycles. The van der Waals surface area contributed by atoms with Crippen molar-refractivity contribution < 1.29 is 13.6 Å². The number of rotatable bonds is 1. The third-order valence-electron chi connectivity index (χ3n) is 3.93. The maximum atomic E-state index is 13.5. The Labute approximate surface area is 136 Å². The number of hydrogen-bond acceptors (Lipinski definition) is 3. The molecule has 0 amide bonds. The van der Waals surface area contributed by atoms with E-state index in [1.54, 1.807) is 18.2 Å². The molecule has 0 atom stereocenters. The zero-order valence-electron chi connectivity index (χ0n) is 12.7. The summed E-state index contributed by atoms with van der Waals surface area (Å²) < 4.78 is 26.9. The van der Waals surface area contributed by atoms with E-state index in [1.807, 2.05) is 6.92 Å². The van der Waals surface area contributed by atoms with Crippen LogP contribution in [0.3, 0.4) is 0 Å². The monoisotopic (exact) mass is 320 g/mol. The van der Waals surface area contributed by atoms with Gasteiger partial charge < -0.3 is 0 Å². The van der Waals surface area contributed by atoms with Crippen LogP contribution in [0, 0.1) is 34.3 Å². The van der Waals surface area contributed by atoms with Gasteiger partial charge in [-0.05, 0) is 47.0 Å². The number of benzene rings is 2. The van der Waals surface area contributed by atoms with Crippen molar-refractivity contribution in [3.05, 3.63) is 64.2 Å². The molecule has 0 aromatic heterocycles. The van der Waals surface area contributed by atoms with Crippen molar-refractivity contribution in [3.63, 3.8) is 0 Å². The lowest BCUT2D eigenvalue weighted by Crippen LogP contribution is -1.96. The topological polar surface area (TPSA) is 64.7 Å². The molecule has 0 unspecified atom stereocenters. The first-order valence-corrected chi connectivity index (χ1v) is 7.24. The molecule has 0 aliphatic heterocycles. The number of nitrogens with zero attached hydrogens (tertiary/aromatic N) is 2. The summed E-state index contributed by atoms with van der Waals surface area (Å²) in [5, 5.41) is 19.2. The molecule has 0 saturated carbocycles. The summed E-state index contributed by atoms with van der Waals surface area (Å²) in [5.74, 6) is -2.32. The van der Waals surface area contributed by atoms with Crippen LogP contribution in [0.5, 0.6) is 0 Å². The van der Waals surface area contributed by atoms with E-state index in [0.29, 0.717) is 22.8 Å². The van der Waals surface area contributed by atoms with E-state index in [9.17, 15) is 24.1 Å². The molecular weight excluding hydrogens is 310 g/mol. The van der Waals surface area contributed by atoms with Crippen LogP contribution >= 0.6 is 0 Å². The maximum Gasteiger partial charge on any atom is 0.194 e. The summed E-state index contributed by atoms with van der Waals surface area (Å²) in [6.07, 6.45) is 2.20. The number of carbonyl (C=O) groups excluding carboxylic acids is 1. The second-order valence-electron chi connectivity index (χ2n) is 5.34. The molecule has 5 heteroatoms. The van der Waals surface area contributed by atoms with Crippen molar-refractivity contribution in [1.82, 2.24) is 0 Å². The molecule has 1 aliphatic carbocycles. The van der Waals surface area contributed by atoms with Crippen LogP contribution in [-0.2, 0) is 0 Å². The van der Waals surface area contributed by atoms with Crippen molar-refractivity contribution >= 4 is 22.1 Å². The van der Waals surface area contributed by atoms with Crippen LogP contribution in [0.1, 0.15) is 29.3 Å². The quantitative estimate of drug-likeness (QED) is 0.576. The van der Waals surface area contributed by atoms with Gasteiger partial charge in [0, 0.05) is 16.7 Å². The smallest absolute Gasteiger partial charge is 0.194 e. The van der Waals surface area contributed by atoms with Crippen LogP contribution in [0.4, 0.5) is 8.78 Å². The maximum absolute atomic E-state index is 13.5. The highest BCUT2D eigenvalue weighted by Gasteiger charge is 2.32. The first-order chi connectivity index (χ1) is 11.5. The predicted molar refractivity (Wildman–Crippen MR) is 84.7 cm³/mol. The number of carbonyl (C=O) groups is 1. The van der Waals surface area contributed by atoms with Gasteiger partial charge in [-0.25, -0.2) is 8.78 Å². The lowest BCUT2D eigenvalue weighted by atomic mass is 9.97. The summed E-state index contributed by atoms with van der Waals surface area (Å²) in [5.41, 5.74) is 1.04. The fourth-order valence-electron chi connectivity index (χ4n) is 2.90. The highest BCUT2D eigenvalue weighted by atomic mass is 19.2. The Kier molecular flexibility index (Phi) is 3.71.